The average Bonchev–Trinajstić information content (AvgIpc) is 3.56. The third-order valence-electron chi connectivity index (χ3n) is 6.11. The number of rotatable bonds is 9. The van der Waals surface area contributed by atoms with Crippen molar-refractivity contribution in [1.29, 1.82) is 0 Å². The van der Waals surface area contributed by atoms with Crippen molar-refractivity contribution in [3.05, 3.63) is 52.0 Å². The number of hydrogen-bond donors (Lipinski definition) is 2. The summed E-state index contributed by atoms with van der Waals surface area (Å²) in [6.07, 6.45) is 2.49. The number of nitrogens with zero attached hydrogens (tertiary/aromatic N) is 1. The number of sulfonamides is 1. The molecule has 0 radical (unpaired) electrons. The maximum atomic E-state index is 13.2. The summed E-state index contributed by atoms with van der Waals surface area (Å²) >= 11 is 3.37. The fourth-order valence-corrected chi connectivity index (χ4v) is 6.78. The average molecular weight is 585 g/mol. The van der Waals surface area contributed by atoms with Crippen LogP contribution in [0.1, 0.15) is 30.4 Å². The van der Waals surface area contributed by atoms with E-state index in [2.05, 4.69) is 21.2 Å². The fourth-order valence-electron chi connectivity index (χ4n) is 4.09. The van der Waals surface area contributed by atoms with Gasteiger partial charge in [0.25, 0.3) is 0 Å². The van der Waals surface area contributed by atoms with Gasteiger partial charge in [-0.05, 0) is 61.1 Å². The van der Waals surface area contributed by atoms with Crippen molar-refractivity contribution in [2.24, 2.45) is 11.1 Å². The van der Waals surface area contributed by atoms with Crippen LogP contribution < -0.4 is 15.4 Å². The molecule has 0 atom stereocenters. The predicted molar refractivity (Wildman–Crippen MR) is 134 cm³/mol. The number of benzene rings is 2. The Balaban J connectivity index is 1.37. The third-order valence-corrected chi connectivity index (χ3v) is 9.22. The normalized spacial score (nSPS) is 15.7. The van der Waals surface area contributed by atoms with E-state index in [0.29, 0.717) is 29.5 Å². The molecule has 12 heteroatoms. The van der Waals surface area contributed by atoms with Crippen molar-refractivity contribution >= 4 is 53.3 Å². The van der Waals surface area contributed by atoms with Gasteiger partial charge in [-0.25, -0.2) is 22.0 Å². The van der Waals surface area contributed by atoms with Crippen LogP contribution in [0.5, 0.6) is 0 Å². The van der Waals surface area contributed by atoms with Crippen molar-refractivity contribution < 1.29 is 26.4 Å². The molecule has 2 aliphatic rings. The highest BCUT2D eigenvalue weighted by atomic mass is 79.9. The first-order valence-corrected chi connectivity index (χ1v) is 15.2. The summed E-state index contributed by atoms with van der Waals surface area (Å²) in [5.41, 5.74) is 2.06. The number of hydrogen-bond acceptors (Lipinski definition) is 6. The van der Waals surface area contributed by atoms with Crippen molar-refractivity contribution in [3.63, 3.8) is 0 Å². The molecule has 2 amide bonds. The van der Waals surface area contributed by atoms with Gasteiger partial charge in [-0.2, -0.15) is 0 Å². The van der Waals surface area contributed by atoms with Gasteiger partial charge in [0.15, 0.2) is 9.84 Å². The Hall–Kier alpha value is -2.28. The zero-order valence-electron chi connectivity index (χ0n) is 18.9. The molecule has 9 nitrogen and oxygen atoms in total. The van der Waals surface area contributed by atoms with Crippen LogP contribution in [0.3, 0.4) is 0 Å². The first kappa shape index (κ1) is 25.8. The van der Waals surface area contributed by atoms with Crippen molar-refractivity contribution in [2.75, 3.05) is 23.7 Å². The largest absolute Gasteiger partial charge is 0.356 e. The molecule has 1 saturated carbocycles. The Morgan fingerprint density at radius 2 is 1.77 bits per heavy atom. The molecule has 3 N–H and O–H groups in total. The van der Waals surface area contributed by atoms with Gasteiger partial charge in [0.05, 0.1) is 21.2 Å². The van der Waals surface area contributed by atoms with Crippen molar-refractivity contribution in [1.82, 2.24) is 5.32 Å². The summed E-state index contributed by atoms with van der Waals surface area (Å²) in [6, 6.07) is 9.36. The summed E-state index contributed by atoms with van der Waals surface area (Å²) in [4.78, 5) is 26.7. The van der Waals surface area contributed by atoms with E-state index < -0.39 is 25.8 Å². The van der Waals surface area contributed by atoms with E-state index >= 15 is 0 Å². The maximum Gasteiger partial charge on any atom is 0.238 e. The van der Waals surface area contributed by atoms with Crippen LogP contribution in [0.4, 0.5) is 5.69 Å². The number of halogens is 1. The van der Waals surface area contributed by atoms with E-state index in [4.69, 9.17) is 5.14 Å². The maximum absolute atomic E-state index is 13.2. The number of primary sulfonamides is 1. The SMILES string of the molecule is NS(=O)(=O)c1ccc(CCNC(=O)CCS(=O)(=O)c2cc(Br)cc3c2N(C(=O)C2CC2)CC3)cc1. The topological polar surface area (TPSA) is 144 Å². The molecule has 1 fully saturated rings. The summed E-state index contributed by atoms with van der Waals surface area (Å²) in [7, 11) is -7.59. The minimum absolute atomic E-state index is 0.00641. The molecule has 0 bridgehead atoms. The van der Waals surface area contributed by atoms with Crippen LogP contribution in [0.15, 0.2) is 50.7 Å². The lowest BCUT2D eigenvalue weighted by Crippen LogP contribution is -2.32. The molecular weight excluding hydrogens is 558 g/mol. The number of fused-ring (bicyclic) bond motifs is 1. The molecule has 0 spiro atoms. The molecule has 188 valence electrons. The summed E-state index contributed by atoms with van der Waals surface area (Å²) in [6.45, 7) is 0.728. The monoisotopic (exact) mass is 583 g/mol. The van der Waals surface area contributed by atoms with Crippen LogP contribution in [0.25, 0.3) is 0 Å². The number of carbonyl (C=O) groups is 2. The van der Waals surface area contributed by atoms with Crippen LogP contribution >= 0.6 is 15.9 Å². The number of sulfone groups is 1. The quantitative estimate of drug-likeness (QED) is 0.461. The summed E-state index contributed by atoms with van der Waals surface area (Å²) in [5.74, 6) is -0.845. The second-order valence-corrected chi connectivity index (χ2v) is 13.3. The molecule has 0 saturated heterocycles. The highest BCUT2D eigenvalue weighted by Gasteiger charge is 2.39. The molecular formula is C23H26BrN3O6S2. The Labute approximate surface area is 213 Å². The minimum Gasteiger partial charge on any atom is -0.356 e. The van der Waals surface area contributed by atoms with Gasteiger partial charge >= 0.3 is 0 Å². The van der Waals surface area contributed by atoms with E-state index in [0.717, 1.165) is 24.0 Å². The first-order valence-electron chi connectivity index (χ1n) is 11.2. The molecule has 0 unspecified atom stereocenters. The summed E-state index contributed by atoms with van der Waals surface area (Å²) in [5, 5.41) is 7.77. The number of nitrogens with two attached hydrogens (primary N) is 1. The van der Waals surface area contributed by atoms with Gasteiger partial charge in [0, 0.05) is 29.9 Å². The molecule has 1 heterocycles. The molecule has 1 aliphatic carbocycles. The minimum atomic E-state index is -3.82. The van der Waals surface area contributed by atoms with Crippen molar-refractivity contribution in [2.45, 2.75) is 41.9 Å². The second kappa shape index (κ2) is 10.00. The predicted octanol–water partition coefficient (Wildman–Crippen LogP) is 1.92. The Morgan fingerprint density at radius 3 is 2.40 bits per heavy atom. The van der Waals surface area contributed by atoms with E-state index in [1.807, 2.05) is 6.07 Å². The van der Waals surface area contributed by atoms with E-state index in [1.165, 1.54) is 18.2 Å². The fraction of sp³-hybridized carbons (Fsp3) is 0.391. The zero-order chi connectivity index (χ0) is 25.4. The lowest BCUT2D eigenvalue weighted by Gasteiger charge is -2.20. The molecule has 1 aliphatic heterocycles. The molecule has 2 aromatic rings. The second-order valence-electron chi connectivity index (χ2n) is 8.78. The van der Waals surface area contributed by atoms with E-state index in [-0.39, 0.29) is 40.3 Å². The standard InChI is InChI=1S/C23H26BrN3O6S2/c24-18-13-17-8-11-27(23(29)16-3-4-16)22(17)20(14-18)34(30,31)12-9-21(28)26-10-7-15-1-5-19(6-2-15)35(25,32)33/h1-2,5-6,13-14,16H,3-4,7-12H2,(H,26,28)(H2,25,32,33). The Morgan fingerprint density at radius 1 is 1.09 bits per heavy atom. The third kappa shape index (κ3) is 6.11. The van der Waals surface area contributed by atoms with Gasteiger partial charge < -0.3 is 10.2 Å². The van der Waals surface area contributed by atoms with Gasteiger partial charge in [0.2, 0.25) is 21.8 Å². The van der Waals surface area contributed by atoms with Gasteiger partial charge in [-0.3, -0.25) is 9.59 Å². The lowest BCUT2D eigenvalue weighted by molar-refractivity contribution is -0.121. The lowest BCUT2D eigenvalue weighted by atomic mass is 10.1. The highest BCUT2D eigenvalue weighted by molar-refractivity contribution is 9.10. The first-order chi connectivity index (χ1) is 16.5. The van der Waals surface area contributed by atoms with E-state index in [1.54, 1.807) is 17.0 Å². The van der Waals surface area contributed by atoms with Crippen LogP contribution in [0.2, 0.25) is 0 Å². The molecule has 0 aromatic heterocycles. The Kier molecular flexibility index (Phi) is 7.37. The van der Waals surface area contributed by atoms with E-state index in [9.17, 15) is 26.4 Å². The Bertz CT molecular complexity index is 1370. The number of amides is 2. The van der Waals surface area contributed by atoms with Gasteiger partial charge in [-0.15, -0.1) is 0 Å². The highest BCUT2D eigenvalue weighted by Crippen LogP contribution is 2.41. The summed E-state index contributed by atoms with van der Waals surface area (Å²) < 4.78 is 49.7. The van der Waals surface area contributed by atoms with Crippen LogP contribution in [0, 0.1) is 5.92 Å². The van der Waals surface area contributed by atoms with Crippen LogP contribution in [-0.2, 0) is 42.3 Å². The number of anilines is 1. The zero-order valence-corrected chi connectivity index (χ0v) is 22.1. The molecule has 35 heavy (non-hydrogen) atoms. The number of carbonyl (C=O) groups excluding carboxylic acids is 2. The smallest absolute Gasteiger partial charge is 0.238 e. The van der Waals surface area contributed by atoms with Crippen LogP contribution in [-0.4, -0.2) is 47.5 Å². The molecule has 4 rings (SSSR count). The van der Waals surface area contributed by atoms with Crippen molar-refractivity contribution in [3.8, 4) is 0 Å². The molecule has 2 aromatic carbocycles. The van der Waals surface area contributed by atoms with Gasteiger partial charge in [0.1, 0.15) is 0 Å². The number of nitrogens with one attached hydrogen (secondary N) is 1. The van der Waals surface area contributed by atoms with Gasteiger partial charge in [-0.1, -0.05) is 28.1 Å².